The summed E-state index contributed by atoms with van der Waals surface area (Å²) in [5.74, 6) is 1.46. The van der Waals surface area contributed by atoms with E-state index in [1.807, 2.05) is 30.4 Å². The Morgan fingerprint density at radius 2 is 2.32 bits per heavy atom. The van der Waals surface area contributed by atoms with E-state index >= 15 is 0 Å². The zero-order valence-electron chi connectivity index (χ0n) is 9.96. The summed E-state index contributed by atoms with van der Waals surface area (Å²) in [5, 5.41) is 14.4. The molecule has 0 aromatic heterocycles. The van der Waals surface area contributed by atoms with Gasteiger partial charge < -0.3 is 0 Å². The van der Waals surface area contributed by atoms with Crippen LogP contribution in [0.1, 0.15) is 11.1 Å². The van der Waals surface area contributed by atoms with E-state index in [1.54, 1.807) is 11.2 Å². The molecule has 3 rings (SSSR count). The van der Waals surface area contributed by atoms with Crippen LogP contribution < -0.4 is 16.5 Å². The number of nitriles is 1. The van der Waals surface area contributed by atoms with Crippen LogP contribution in [0.2, 0.25) is 0 Å². The van der Waals surface area contributed by atoms with Gasteiger partial charge in [0.1, 0.15) is 5.84 Å². The summed E-state index contributed by atoms with van der Waals surface area (Å²) in [5.41, 5.74) is 10.1. The molecule has 0 unspecified atom stereocenters. The fourth-order valence-electron chi connectivity index (χ4n) is 1.75. The van der Waals surface area contributed by atoms with Gasteiger partial charge in [-0.25, -0.2) is 5.53 Å². The zero-order chi connectivity index (χ0) is 13.1. The molecular weight excluding hydrogens is 242 g/mol. The molecule has 0 amide bonds. The van der Waals surface area contributed by atoms with Crippen molar-refractivity contribution >= 4 is 11.7 Å². The van der Waals surface area contributed by atoms with Crippen molar-refractivity contribution in [1.29, 1.82) is 5.26 Å². The van der Waals surface area contributed by atoms with Crippen molar-refractivity contribution in [2.75, 3.05) is 0 Å². The lowest BCUT2D eigenvalue weighted by Gasteiger charge is -2.22. The number of fused-ring (bicyclic) bond motifs is 1. The van der Waals surface area contributed by atoms with Crippen molar-refractivity contribution in [3.8, 4) is 6.07 Å². The van der Waals surface area contributed by atoms with Crippen molar-refractivity contribution < 1.29 is 0 Å². The number of hydrazone groups is 1. The van der Waals surface area contributed by atoms with E-state index in [-0.39, 0.29) is 0 Å². The number of nitrogens with zero attached hydrogens (tertiary/aromatic N) is 4. The van der Waals surface area contributed by atoms with Gasteiger partial charge in [-0.2, -0.15) is 10.4 Å². The quantitative estimate of drug-likeness (QED) is 0.699. The largest absolute Gasteiger partial charge is 0.264 e. The van der Waals surface area contributed by atoms with E-state index in [1.165, 1.54) is 0 Å². The molecule has 0 bridgehead atoms. The average Bonchev–Trinajstić information content (AvgIpc) is 2.93. The molecule has 0 saturated carbocycles. The van der Waals surface area contributed by atoms with E-state index in [9.17, 15) is 0 Å². The fraction of sp³-hybridized carbons (Fsp3) is 0.0833. The van der Waals surface area contributed by atoms with Gasteiger partial charge >= 0.3 is 0 Å². The second-order valence-electron chi connectivity index (χ2n) is 3.99. The summed E-state index contributed by atoms with van der Waals surface area (Å²) in [6.45, 7) is 0.510. The molecular formula is C12H11N7. The molecule has 2 aliphatic heterocycles. The van der Waals surface area contributed by atoms with E-state index in [0.717, 1.165) is 17.2 Å². The standard InChI is InChI=1S/C12H11N7/c13-7-9-2-1-3-10(6-9)8-14-11-4-5-12-15-17-18-19(12)16-11/h1-6,17-18H,8H2,(H,14,16). The zero-order valence-corrected chi connectivity index (χ0v) is 9.96. The average molecular weight is 253 g/mol. The second-order valence-corrected chi connectivity index (χ2v) is 3.99. The molecule has 7 heteroatoms. The van der Waals surface area contributed by atoms with Gasteiger partial charge in [0.05, 0.1) is 18.2 Å². The van der Waals surface area contributed by atoms with Gasteiger partial charge in [-0.05, 0) is 29.8 Å². The maximum Gasteiger partial charge on any atom is 0.187 e. The van der Waals surface area contributed by atoms with Gasteiger partial charge in [0.15, 0.2) is 5.84 Å². The minimum absolute atomic E-state index is 0.510. The van der Waals surface area contributed by atoms with Gasteiger partial charge in [0, 0.05) is 0 Å². The summed E-state index contributed by atoms with van der Waals surface area (Å²) < 4.78 is 0. The lowest BCUT2D eigenvalue weighted by atomic mass is 10.1. The first kappa shape index (κ1) is 11.3. The molecule has 2 aliphatic rings. The molecule has 0 saturated heterocycles. The van der Waals surface area contributed by atoms with E-state index in [0.29, 0.717) is 12.1 Å². The van der Waals surface area contributed by atoms with Crippen molar-refractivity contribution in [1.82, 2.24) is 21.6 Å². The summed E-state index contributed by atoms with van der Waals surface area (Å²) in [4.78, 5) is 4.43. The van der Waals surface area contributed by atoms with Crippen LogP contribution >= 0.6 is 0 Å². The Labute approximate surface area is 109 Å². The van der Waals surface area contributed by atoms with Crippen LogP contribution in [0.3, 0.4) is 0 Å². The number of nitrogens with one attached hydrogen (secondary N) is 3. The highest BCUT2D eigenvalue weighted by molar-refractivity contribution is 6.06. The first-order chi connectivity index (χ1) is 9.35. The summed E-state index contributed by atoms with van der Waals surface area (Å²) in [6.07, 6.45) is 3.69. The molecule has 94 valence electrons. The Kier molecular flexibility index (Phi) is 2.84. The third-order valence-electron chi connectivity index (χ3n) is 2.67. The number of amidine groups is 2. The lowest BCUT2D eigenvalue weighted by Crippen LogP contribution is -2.53. The van der Waals surface area contributed by atoms with Crippen LogP contribution in [0.4, 0.5) is 0 Å². The number of hydrogen-bond donors (Lipinski definition) is 3. The van der Waals surface area contributed by atoms with Crippen LogP contribution in [0.5, 0.6) is 0 Å². The maximum atomic E-state index is 8.84. The molecule has 2 heterocycles. The highest BCUT2D eigenvalue weighted by atomic mass is 15.9. The number of hydrogen-bond acceptors (Lipinski definition) is 6. The monoisotopic (exact) mass is 253 g/mol. The molecule has 0 spiro atoms. The van der Waals surface area contributed by atoms with Crippen LogP contribution in [0.15, 0.2) is 46.5 Å². The molecule has 0 aliphatic carbocycles. The van der Waals surface area contributed by atoms with Crippen LogP contribution in [0.25, 0.3) is 0 Å². The van der Waals surface area contributed by atoms with Crippen molar-refractivity contribution in [3.63, 3.8) is 0 Å². The Hall–Kier alpha value is -2.85. The normalized spacial score (nSPS) is 18.4. The van der Waals surface area contributed by atoms with Crippen LogP contribution in [-0.4, -0.2) is 16.8 Å². The molecule has 19 heavy (non-hydrogen) atoms. The number of aliphatic imine (C=N–C) groups is 1. The first-order valence-electron chi connectivity index (χ1n) is 5.72. The fourth-order valence-corrected chi connectivity index (χ4v) is 1.75. The Morgan fingerprint density at radius 1 is 1.37 bits per heavy atom. The Morgan fingerprint density at radius 3 is 3.21 bits per heavy atom. The highest BCUT2D eigenvalue weighted by Crippen LogP contribution is 2.06. The molecule has 0 radical (unpaired) electrons. The minimum Gasteiger partial charge on any atom is -0.264 e. The van der Waals surface area contributed by atoms with Crippen molar-refractivity contribution in [3.05, 3.63) is 47.5 Å². The molecule has 1 aromatic carbocycles. The van der Waals surface area contributed by atoms with E-state index in [4.69, 9.17) is 5.26 Å². The summed E-state index contributed by atoms with van der Waals surface area (Å²) in [7, 11) is 0. The summed E-state index contributed by atoms with van der Waals surface area (Å²) >= 11 is 0. The Balaban J connectivity index is 1.72. The lowest BCUT2D eigenvalue weighted by molar-refractivity contribution is 0.259. The van der Waals surface area contributed by atoms with Gasteiger partial charge in [0.2, 0.25) is 0 Å². The van der Waals surface area contributed by atoms with Crippen molar-refractivity contribution in [2.24, 2.45) is 10.1 Å². The molecule has 1 aromatic rings. The maximum absolute atomic E-state index is 8.84. The molecule has 0 atom stereocenters. The molecule has 0 fully saturated rings. The third kappa shape index (κ3) is 2.38. The van der Waals surface area contributed by atoms with Crippen LogP contribution in [0, 0.1) is 11.3 Å². The topological polar surface area (TPSA) is 87.8 Å². The van der Waals surface area contributed by atoms with Gasteiger partial charge in [0.25, 0.3) is 0 Å². The SMILES string of the molecule is N#Cc1cccc(CN=C2C=CC3=NNNN3N2)c1. The van der Waals surface area contributed by atoms with E-state index < -0.39 is 0 Å². The third-order valence-corrected chi connectivity index (χ3v) is 2.67. The number of rotatable bonds is 2. The van der Waals surface area contributed by atoms with Gasteiger partial charge in [-0.1, -0.05) is 12.1 Å². The second kappa shape index (κ2) is 4.80. The van der Waals surface area contributed by atoms with Gasteiger partial charge in [-0.15, -0.1) is 10.6 Å². The summed E-state index contributed by atoms with van der Waals surface area (Å²) in [6, 6.07) is 9.52. The van der Waals surface area contributed by atoms with E-state index in [2.05, 4.69) is 32.7 Å². The van der Waals surface area contributed by atoms with Crippen molar-refractivity contribution in [2.45, 2.75) is 6.54 Å². The molecule has 7 nitrogen and oxygen atoms in total. The first-order valence-corrected chi connectivity index (χ1v) is 5.72. The minimum atomic E-state index is 0.510. The number of hydrazine groups is 3. The van der Waals surface area contributed by atoms with Crippen LogP contribution in [-0.2, 0) is 6.54 Å². The van der Waals surface area contributed by atoms with Gasteiger partial charge in [-0.3, -0.25) is 10.4 Å². The predicted molar refractivity (Wildman–Crippen MR) is 70.1 cm³/mol. The molecule has 3 N–H and O–H groups in total. The highest BCUT2D eigenvalue weighted by Gasteiger charge is 2.18. The smallest absolute Gasteiger partial charge is 0.187 e. The Bertz CT molecular complexity index is 623. The predicted octanol–water partition coefficient (Wildman–Crippen LogP) is 0.169. The number of benzene rings is 1.